The van der Waals surface area contributed by atoms with Gasteiger partial charge in [-0.15, -0.1) is 0 Å². The predicted octanol–water partition coefficient (Wildman–Crippen LogP) is 5.15. The highest BCUT2D eigenvalue weighted by Gasteiger charge is 2.34. The highest BCUT2D eigenvalue weighted by atomic mass is 32.1. The first-order valence-corrected chi connectivity index (χ1v) is 16.6. The van der Waals surface area contributed by atoms with E-state index in [0.717, 1.165) is 17.0 Å². The van der Waals surface area contributed by atoms with Gasteiger partial charge >= 0.3 is 11.9 Å². The minimum absolute atomic E-state index is 0.0266. The van der Waals surface area contributed by atoms with Gasteiger partial charge in [-0.05, 0) is 74.0 Å². The van der Waals surface area contributed by atoms with Crippen LogP contribution >= 0.6 is 11.3 Å². The number of nitrogens with zero attached hydrogens (tertiary/aromatic N) is 4. The summed E-state index contributed by atoms with van der Waals surface area (Å²) in [5.74, 6) is 0.0273. The van der Waals surface area contributed by atoms with Gasteiger partial charge in [0, 0.05) is 24.2 Å². The van der Waals surface area contributed by atoms with Gasteiger partial charge in [-0.3, -0.25) is 14.2 Å². The number of thiazole rings is 1. The predicted molar refractivity (Wildman–Crippen MR) is 189 cm³/mol. The molecule has 2 aromatic heterocycles. The van der Waals surface area contributed by atoms with Gasteiger partial charge in [0.15, 0.2) is 16.3 Å². The number of carbonyl (C=O) groups is 2. The fourth-order valence-electron chi connectivity index (χ4n) is 5.65. The highest BCUT2D eigenvalue weighted by molar-refractivity contribution is 7.07. The number of benzene rings is 3. The first-order chi connectivity index (χ1) is 24.2. The first kappa shape index (κ1) is 33.9. The van der Waals surface area contributed by atoms with E-state index in [0.29, 0.717) is 38.5 Å². The molecule has 50 heavy (non-hydrogen) atoms. The van der Waals surface area contributed by atoms with Crippen molar-refractivity contribution in [1.82, 2.24) is 14.3 Å². The van der Waals surface area contributed by atoms with Crippen molar-refractivity contribution < 1.29 is 28.5 Å². The van der Waals surface area contributed by atoms with Gasteiger partial charge in [-0.1, -0.05) is 48.3 Å². The summed E-state index contributed by atoms with van der Waals surface area (Å²) >= 11 is 1.20. The molecule has 6 rings (SSSR count). The van der Waals surface area contributed by atoms with Crippen LogP contribution in [0, 0.1) is 0 Å². The number of allylic oxidation sites excluding steroid dienone is 1. The van der Waals surface area contributed by atoms with Gasteiger partial charge in [0.2, 0.25) is 0 Å². The fourth-order valence-corrected chi connectivity index (χ4v) is 6.69. The van der Waals surface area contributed by atoms with Crippen LogP contribution in [-0.4, -0.2) is 46.6 Å². The number of aromatic nitrogens is 3. The van der Waals surface area contributed by atoms with E-state index in [1.54, 1.807) is 35.9 Å². The van der Waals surface area contributed by atoms with Crippen molar-refractivity contribution in [2.75, 3.05) is 20.3 Å². The van der Waals surface area contributed by atoms with Crippen LogP contribution in [0.15, 0.2) is 113 Å². The molecule has 3 aromatic carbocycles. The third-order valence-corrected chi connectivity index (χ3v) is 8.80. The van der Waals surface area contributed by atoms with Crippen molar-refractivity contribution >= 4 is 29.4 Å². The lowest BCUT2D eigenvalue weighted by molar-refractivity contribution is -0.138. The molecule has 0 radical (unpaired) electrons. The summed E-state index contributed by atoms with van der Waals surface area (Å²) in [6, 6.07) is 21.3. The van der Waals surface area contributed by atoms with E-state index in [1.165, 1.54) is 36.0 Å². The molecule has 254 valence electrons. The fraction of sp³-hybridized carbons (Fsp3) is 0.184. The molecule has 0 saturated heterocycles. The third-order valence-electron chi connectivity index (χ3n) is 7.82. The minimum atomic E-state index is -0.927. The Bertz CT molecular complexity index is 2300. The largest absolute Gasteiger partial charge is 0.494 e. The van der Waals surface area contributed by atoms with E-state index < -0.39 is 18.0 Å². The summed E-state index contributed by atoms with van der Waals surface area (Å²) in [5, 5.41) is 4.91. The molecule has 1 unspecified atom stereocenters. The second-order valence-corrected chi connectivity index (χ2v) is 12.2. The summed E-state index contributed by atoms with van der Waals surface area (Å²) in [7, 11) is 1.44. The van der Waals surface area contributed by atoms with E-state index in [4.69, 9.17) is 29.0 Å². The molecule has 1 atom stereocenters. The van der Waals surface area contributed by atoms with Crippen LogP contribution in [0.5, 0.6) is 17.2 Å². The Balaban J connectivity index is 1.54. The number of para-hydroxylation sites is 1. The van der Waals surface area contributed by atoms with Crippen molar-refractivity contribution in [3.8, 4) is 34.2 Å². The Kier molecular flexibility index (Phi) is 9.91. The standard InChI is InChI=1S/C38H34N4O7S/c1-6-19-48-37(45)33-23(3)39-38-42(35(33)26-15-18-30(49-24(4)43)31(20-26)46-5)36(44)32(50-38)21-27-22-41(28-11-9-8-10-12-28)40-34(27)25-13-16-29(17-14-25)47-7-2/h6,8-18,20-22,35H,1,7,19H2,2-5H3/b32-21-. The number of carbonyl (C=O) groups excluding carboxylic acids is 2. The lowest BCUT2D eigenvalue weighted by Crippen LogP contribution is -2.40. The second-order valence-electron chi connectivity index (χ2n) is 11.1. The smallest absolute Gasteiger partial charge is 0.338 e. The molecule has 0 N–H and O–H groups in total. The Hall–Kier alpha value is -6.01. The van der Waals surface area contributed by atoms with E-state index >= 15 is 0 Å². The number of hydrogen-bond acceptors (Lipinski definition) is 10. The highest BCUT2D eigenvalue weighted by Crippen LogP contribution is 2.36. The molecule has 5 aromatic rings. The monoisotopic (exact) mass is 690 g/mol. The average Bonchev–Trinajstić information content (AvgIpc) is 3.67. The Morgan fingerprint density at radius 3 is 2.48 bits per heavy atom. The average molecular weight is 691 g/mol. The molecular weight excluding hydrogens is 657 g/mol. The van der Waals surface area contributed by atoms with Gasteiger partial charge in [-0.25, -0.2) is 14.5 Å². The van der Waals surface area contributed by atoms with E-state index in [1.807, 2.05) is 67.7 Å². The maximum absolute atomic E-state index is 14.4. The van der Waals surface area contributed by atoms with Crippen molar-refractivity contribution in [2.45, 2.75) is 26.8 Å². The molecule has 1 aliphatic heterocycles. The van der Waals surface area contributed by atoms with Crippen molar-refractivity contribution in [2.24, 2.45) is 4.99 Å². The lowest BCUT2D eigenvalue weighted by atomic mass is 9.95. The maximum Gasteiger partial charge on any atom is 0.338 e. The zero-order valence-corrected chi connectivity index (χ0v) is 28.7. The Labute approximate surface area is 291 Å². The minimum Gasteiger partial charge on any atom is -0.494 e. The van der Waals surface area contributed by atoms with Gasteiger partial charge in [-0.2, -0.15) is 5.10 Å². The van der Waals surface area contributed by atoms with E-state index in [2.05, 4.69) is 6.58 Å². The molecule has 1 aliphatic rings. The number of fused-ring (bicyclic) bond motifs is 1. The molecular formula is C38H34N4O7S. The molecule has 0 amide bonds. The van der Waals surface area contributed by atoms with Crippen LogP contribution in [0.1, 0.15) is 37.9 Å². The first-order valence-electron chi connectivity index (χ1n) is 15.8. The quantitative estimate of drug-likeness (QED) is 0.106. The molecule has 3 heterocycles. The van der Waals surface area contributed by atoms with Gasteiger partial charge in [0.1, 0.15) is 18.1 Å². The normalized spacial score (nSPS) is 14.1. The van der Waals surface area contributed by atoms with Crippen molar-refractivity contribution in [1.29, 1.82) is 0 Å². The van der Waals surface area contributed by atoms with Crippen LogP contribution in [0.25, 0.3) is 23.0 Å². The number of ether oxygens (including phenoxy) is 4. The molecule has 0 bridgehead atoms. The molecule has 12 heteroatoms. The maximum atomic E-state index is 14.4. The SMILES string of the molecule is C=CCOC(=O)C1=C(C)N=c2s/c(=C\c3cn(-c4ccccc4)nc3-c3ccc(OCC)cc3)c(=O)n2C1c1ccc(OC(C)=O)c(OC)c1. The van der Waals surface area contributed by atoms with Crippen LogP contribution in [-0.2, 0) is 14.3 Å². The molecule has 0 aliphatic carbocycles. The second kappa shape index (κ2) is 14.6. The number of esters is 2. The van der Waals surface area contributed by atoms with Gasteiger partial charge in [0.05, 0.1) is 41.2 Å². The molecule has 0 saturated carbocycles. The van der Waals surface area contributed by atoms with Crippen molar-refractivity contribution in [3.63, 3.8) is 0 Å². The van der Waals surface area contributed by atoms with Crippen LogP contribution in [0.4, 0.5) is 0 Å². The Morgan fingerprint density at radius 2 is 1.80 bits per heavy atom. The lowest BCUT2D eigenvalue weighted by Gasteiger charge is -2.25. The van der Waals surface area contributed by atoms with Crippen molar-refractivity contribution in [3.05, 3.63) is 134 Å². The Morgan fingerprint density at radius 1 is 1.04 bits per heavy atom. The number of methoxy groups -OCH3 is 1. The molecule has 0 spiro atoms. The zero-order chi connectivity index (χ0) is 35.4. The van der Waals surface area contributed by atoms with Crippen LogP contribution < -0.4 is 29.1 Å². The zero-order valence-electron chi connectivity index (χ0n) is 27.9. The van der Waals surface area contributed by atoms with Crippen LogP contribution in [0.2, 0.25) is 0 Å². The third kappa shape index (κ3) is 6.78. The summed E-state index contributed by atoms with van der Waals surface area (Å²) in [6.45, 7) is 9.08. The van der Waals surface area contributed by atoms with E-state index in [-0.39, 0.29) is 29.2 Å². The summed E-state index contributed by atoms with van der Waals surface area (Å²) < 4.78 is 25.6. The number of hydrogen-bond donors (Lipinski definition) is 0. The topological polar surface area (TPSA) is 123 Å². The summed E-state index contributed by atoms with van der Waals surface area (Å²) in [4.78, 5) is 44.8. The summed E-state index contributed by atoms with van der Waals surface area (Å²) in [5.41, 5.74) is 3.79. The molecule has 0 fully saturated rings. The van der Waals surface area contributed by atoms with Gasteiger partial charge in [0.25, 0.3) is 5.56 Å². The summed E-state index contributed by atoms with van der Waals surface area (Å²) in [6.07, 6.45) is 5.13. The van der Waals surface area contributed by atoms with E-state index in [9.17, 15) is 14.4 Å². The molecule has 11 nitrogen and oxygen atoms in total. The van der Waals surface area contributed by atoms with Crippen LogP contribution in [0.3, 0.4) is 0 Å². The number of rotatable bonds is 11. The van der Waals surface area contributed by atoms with Gasteiger partial charge < -0.3 is 18.9 Å².